The van der Waals surface area contributed by atoms with Crippen LogP contribution in [-0.2, 0) is 4.79 Å². The van der Waals surface area contributed by atoms with Crippen molar-refractivity contribution in [3.8, 4) is 0 Å². The fourth-order valence-corrected chi connectivity index (χ4v) is 4.18. The highest BCUT2D eigenvalue weighted by Gasteiger charge is 2.26. The van der Waals surface area contributed by atoms with Gasteiger partial charge in [-0.25, -0.2) is 0 Å². The maximum Gasteiger partial charge on any atom is 0.242 e. The first kappa shape index (κ1) is 20.9. The molecule has 7 heteroatoms. The molecule has 1 aromatic carbocycles. The third-order valence-electron chi connectivity index (χ3n) is 5.50. The van der Waals surface area contributed by atoms with E-state index < -0.39 is 0 Å². The number of hydrogen-bond donors (Lipinski definition) is 2. The molecule has 3 rings (SSSR count). The third-order valence-corrected chi connectivity index (χ3v) is 6.13. The molecule has 0 bridgehead atoms. The van der Waals surface area contributed by atoms with Crippen molar-refractivity contribution in [1.82, 2.24) is 15.1 Å². The van der Waals surface area contributed by atoms with Crippen molar-refractivity contribution >= 4 is 40.5 Å². The minimum absolute atomic E-state index is 0.0230. The summed E-state index contributed by atoms with van der Waals surface area (Å²) in [7, 11) is 0. The smallest absolute Gasteiger partial charge is 0.242 e. The zero-order valence-corrected chi connectivity index (χ0v) is 18.0. The summed E-state index contributed by atoms with van der Waals surface area (Å²) in [6.07, 6.45) is 5.30. The van der Waals surface area contributed by atoms with Crippen molar-refractivity contribution in [2.75, 3.05) is 31.5 Å². The normalized spacial score (nSPS) is 20.1. The van der Waals surface area contributed by atoms with E-state index in [0.717, 1.165) is 68.7 Å². The summed E-state index contributed by atoms with van der Waals surface area (Å²) in [5.41, 5.74) is 2.83. The highest BCUT2D eigenvalue weighted by Crippen LogP contribution is 2.22. The Morgan fingerprint density at radius 3 is 2.68 bits per heavy atom. The largest absolute Gasteiger partial charge is 0.364 e. The van der Waals surface area contributed by atoms with E-state index in [1.54, 1.807) is 0 Å². The molecule has 1 atom stereocenters. The van der Waals surface area contributed by atoms with Crippen molar-refractivity contribution < 1.29 is 4.79 Å². The number of nitrogens with zero attached hydrogens (tertiary/aromatic N) is 2. The summed E-state index contributed by atoms with van der Waals surface area (Å²) in [5.74, 6) is 0.203. The number of likely N-dealkylation sites (tertiary alicyclic amines) is 2. The number of carbonyl (C=O) groups is 1. The predicted molar refractivity (Wildman–Crippen MR) is 120 cm³/mol. The molecule has 1 amide bonds. The van der Waals surface area contributed by atoms with Crippen LogP contribution in [0.4, 0.5) is 5.69 Å². The number of benzene rings is 1. The van der Waals surface area contributed by atoms with E-state index in [1.807, 2.05) is 30.0 Å². The average Bonchev–Trinajstić information content (AvgIpc) is 3.15. The van der Waals surface area contributed by atoms with E-state index in [9.17, 15) is 4.79 Å². The van der Waals surface area contributed by atoms with Crippen LogP contribution in [0.25, 0.3) is 0 Å². The Labute approximate surface area is 178 Å². The van der Waals surface area contributed by atoms with Crippen LogP contribution in [0.3, 0.4) is 0 Å². The van der Waals surface area contributed by atoms with Gasteiger partial charge < -0.3 is 20.4 Å². The van der Waals surface area contributed by atoms with E-state index in [-0.39, 0.29) is 11.9 Å². The Morgan fingerprint density at radius 1 is 1.25 bits per heavy atom. The number of rotatable bonds is 4. The lowest BCUT2D eigenvalue weighted by Gasteiger charge is -2.31. The molecule has 152 valence electrons. The number of aryl methyl sites for hydroxylation is 1. The summed E-state index contributed by atoms with van der Waals surface area (Å²) in [6, 6.07) is 5.81. The second kappa shape index (κ2) is 9.61. The first-order valence-electron chi connectivity index (χ1n) is 9.99. The lowest BCUT2D eigenvalue weighted by Crippen LogP contribution is -2.45. The molecular weight excluding hydrogens is 392 g/mol. The second-order valence-electron chi connectivity index (χ2n) is 7.61. The molecular formula is C21H29ClN4OS. The summed E-state index contributed by atoms with van der Waals surface area (Å²) < 4.78 is 0. The molecule has 1 aromatic rings. The minimum Gasteiger partial charge on any atom is -0.364 e. The Hall–Kier alpha value is -1.79. The number of carbonyl (C=O) groups excluding carboxylic acids is 1. The van der Waals surface area contributed by atoms with Gasteiger partial charge in [0.15, 0.2) is 5.11 Å². The third kappa shape index (κ3) is 5.39. The molecule has 2 N–H and O–H groups in total. The Kier molecular flexibility index (Phi) is 7.18. The number of anilines is 1. The molecule has 28 heavy (non-hydrogen) atoms. The summed E-state index contributed by atoms with van der Waals surface area (Å²) >= 11 is 11.7. The fourth-order valence-electron chi connectivity index (χ4n) is 3.74. The minimum atomic E-state index is 0.0230. The molecule has 0 aromatic heterocycles. The monoisotopic (exact) mass is 420 g/mol. The number of halogens is 1. The van der Waals surface area contributed by atoms with Gasteiger partial charge in [-0.15, -0.1) is 0 Å². The maximum atomic E-state index is 12.6. The van der Waals surface area contributed by atoms with Crippen LogP contribution in [0.2, 0.25) is 5.02 Å². The lowest BCUT2D eigenvalue weighted by molar-refractivity contribution is -0.130. The molecule has 2 heterocycles. The van der Waals surface area contributed by atoms with Crippen LogP contribution in [0.15, 0.2) is 30.5 Å². The number of hydrogen-bond acceptors (Lipinski definition) is 3. The molecule has 2 aliphatic rings. The molecule has 5 nitrogen and oxygen atoms in total. The van der Waals surface area contributed by atoms with Gasteiger partial charge >= 0.3 is 0 Å². The van der Waals surface area contributed by atoms with Crippen LogP contribution >= 0.6 is 23.8 Å². The fraction of sp³-hybridized carbons (Fsp3) is 0.524. The van der Waals surface area contributed by atoms with Gasteiger partial charge in [-0.2, -0.15) is 0 Å². The van der Waals surface area contributed by atoms with Crippen LogP contribution in [0, 0.1) is 6.92 Å². The standard InChI is InChI=1S/C21H29ClN4OS/c1-15-8-9-17(13-18(15)22)23-21(28)24-19-7-3-4-12-26(16(19)2)14-20(27)25-10-5-6-11-25/h8-9,13,19H,2-7,10-12,14H2,1H3,(H2,23,24,28)/t19-/m0/s1. The highest BCUT2D eigenvalue weighted by molar-refractivity contribution is 7.80. The molecule has 2 fully saturated rings. The van der Waals surface area contributed by atoms with Crippen molar-refractivity contribution in [2.24, 2.45) is 0 Å². The quantitative estimate of drug-likeness (QED) is 0.723. The SMILES string of the molecule is C=C1[C@@H](NC(=S)Nc2ccc(C)c(Cl)c2)CCCCN1CC(=O)N1CCCC1. The maximum absolute atomic E-state index is 12.6. The second-order valence-corrected chi connectivity index (χ2v) is 8.43. The van der Waals surface area contributed by atoms with Gasteiger partial charge in [-0.05, 0) is 68.9 Å². The van der Waals surface area contributed by atoms with Gasteiger partial charge in [-0.3, -0.25) is 4.79 Å². The van der Waals surface area contributed by atoms with Crippen molar-refractivity contribution in [3.05, 3.63) is 41.1 Å². The van der Waals surface area contributed by atoms with Gasteiger partial charge in [0.1, 0.15) is 0 Å². The first-order chi connectivity index (χ1) is 13.4. The van der Waals surface area contributed by atoms with Crippen molar-refractivity contribution in [2.45, 2.75) is 45.1 Å². The lowest BCUT2D eigenvalue weighted by atomic mass is 10.1. The average molecular weight is 421 g/mol. The number of thiocarbonyl (C=S) groups is 1. The summed E-state index contributed by atoms with van der Waals surface area (Å²) in [6.45, 7) is 9.29. The van der Waals surface area contributed by atoms with Crippen molar-refractivity contribution in [1.29, 1.82) is 0 Å². The van der Waals surface area contributed by atoms with Gasteiger partial charge in [-0.1, -0.05) is 24.2 Å². The highest BCUT2D eigenvalue weighted by atomic mass is 35.5. The topological polar surface area (TPSA) is 47.6 Å². The summed E-state index contributed by atoms with van der Waals surface area (Å²) in [4.78, 5) is 16.7. The van der Waals surface area contributed by atoms with Crippen LogP contribution in [0.1, 0.15) is 37.7 Å². The van der Waals surface area contributed by atoms with Gasteiger partial charge in [0, 0.05) is 36.0 Å². The van der Waals surface area contributed by atoms with E-state index >= 15 is 0 Å². The Balaban J connectivity index is 1.58. The van der Waals surface area contributed by atoms with E-state index in [4.69, 9.17) is 23.8 Å². The summed E-state index contributed by atoms with van der Waals surface area (Å²) in [5, 5.41) is 7.82. The van der Waals surface area contributed by atoms with Gasteiger partial charge in [0.25, 0.3) is 0 Å². The molecule has 2 aliphatic heterocycles. The predicted octanol–water partition coefficient (Wildman–Crippen LogP) is 3.93. The van der Waals surface area contributed by atoms with Gasteiger partial charge in [0.2, 0.25) is 5.91 Å². The zero-order valence-electron chi connectivity index (χ0n) is 16.5. The van der Waals surface area contributed by atoms with Gasteiger partial charge in [0.05, 0.1) is 12.6 Å². The number of amides is 1. The zero-order chi connectivity index (χ0) is 20.1. The van der Waals surface area contributed by atoms with Crippen molar-refractivity contribution in [3.63, 3.8) is 0 Å². The molecule has 0 aliphatic carbocycles. The first-order valence-corrected chi connectivity index (χ1v) is 10.8. The van der Waals surface area contributed by atoms with E-state index in [2.05, 4.69) is 22.1 Å². The van der Waals surface area contributed by atoms with Crippen LogP contribution < -0.4 is 10.6 Å². The molecule has 0 spiro atoms. The molecule has 2 saturated heterocycles. The van der Waals surface area contributed by atoms with E-state index in [0.29, 0.717) is 16.7 Å². The van der Waals surface area contributed by atoms with Crippen LogP contribution in [-0.4, -0.2) is 53.0 Å². The number of nitrogens with one attached hydrogen (secondary N) is 2. The molecule has 0 radical (unpaired) electrons. The van der Waals surface area contributed by atoms with E-state index in [1.165, 1.54) is 0 Å². The molecule has 0 unspecified atom stereocenters. The van der Waals surface area contributed by atoms with Crippen LogP contribution in [0.5, 0.6) is 0 Å². The Bertz CT molecular complexity index is 748. The Morgan fingerprint density at radius 2 is 1.96 bits per heavy atom. The molecule has 0 saturated carbocycles.